The van der Waals surface area contributed by atoms with E-state index in [9.17, 15) is 40.8 Å². The second-order valence-electron chi connectivity index (χ2n) is 16.3. The fraction of sp³-hybridized carbons (Fsp3) is 0.615. The van der Waals surface area contributed by atoms with Crippen LogP contribution in [0.2, 0.25) is 0 Å². The monoisotopic (exact) mass is 837 g/mol. The molecule has 19 heteroatoms. The van der Waals surface area contributed by atoms with Gasteiger partial charge < -0.3 is 34.5 Å². The summed E-state index contributed by atoms with van der Waals surface area (Å²) in [6.07, 6.45) is -2.35. The Morgan fingerprint density at radius 3 is 2.53 bits per heavy atom. The Morgan fingerprint density at radius 2 is 1.88 bits per heavy atom. The maximum atomic E-state index is 14.8. The van der Waals surface area contributed by atoms with Gasteiger partial charge in [-0.2, -0.15) is 13.2 Å². The van der Waals surface area contributed by atoms with Crippen molar-refractivity contribution >= 4 is 44.6 Å². The summed E-state index contributed by atoms with van der Waals surface area (Å²) in [6.45, 7) is 6.02. The van der Waals surface area contributed by atoms with Gasteiger partial charge in [0.2, 0.25) is 33.3 Å². The number of aromatic nitrogens is 1. The quantitative estimate of drug-likeness (QED) is 0.303. The van der Waals surface area contributed by atoms with Crippen molar-refractivity contribution in [2.45, 2.75) is 132 Å². The van der Waals surface area contributed by atoms with E-state index in [1.807, 2.05) is 0 Å². The van der Waals surface area contributed by atoms with Gasteiger partial charge in [0.25, 0.3) is 5.91 Å². The molecule has 3 fully saturated rings. The topological polar surface area (TPSA) is 192 Å². The molecule has 2 aliphatic heterocycles. The maximum absolute atomic E-state index is 14.8. The van der Waals surface area contributed by atoms with Crippen LogP contribution in [0, 0.1) is 5.92 Å². The number of alkyl carbamates (subject to hydrolysis) is 1. The van der Waals surface area contributed by atoms with Crippen LogP contribution in [0.25, 0.3) is 10.8 Å². The van der Waals surface area contributed by atoms with E-state index in [2.05, 4.69) is 20.3 Å². The average molecular weight is 838 g/mol. The molecule has 58 heavy (non-hydrogen) atoms. The van der Waals surface area contributed by atoms with Crippen LogP contribution < -0.4 is 24.8 Å². The summed E-state index contributed by atoms with van der Waals surface area (Å²) in [5, 5.41) is 6.40. The van der Waals surface area contributed by atoms with Gasteiger partial charge in [-0.25, -0.2) is 18.2 Å². The molecule has 0 bridgehead atoms. The molecule has 1 aromatic carbocycles. The Morgan fingerprint density at radius 1 is 1.16 bits per heavy atom. The molecule has 1 saturated heterocycles. The molecule has 3 heterocycles. The van der Waals surface area contributed by atoms with Crippen molar-refractivity contribution in [1.82, 2.24) is 25.2 Å². The molecule has 2 saturated carbocycles. The second kappa shape index (κ2) is 15.8. The van der Waals surface area contributed by atoms with Crippen molar-refractivity contribution in [3.63, 3.8) is 0 Å². The highest BCUT2D eigenvalue weighted by molar-refractivity contribution is 7.91. The Labute approximate surface area is 334 Å². The molecular formula is C39H50F3N5O10S. The molecule has 4 aliphatic rings. The molecule has 0 spiro atoms. The van der Waals surface area contributed by atoms with Gasteiger partial charge in [-0.05, 0) is 95.9 Å². The number of carbonyl (C=O) groups is 4. The number of benzene rings is 1. The highest BCUT2D eigenvalue weighted by atomic mass is 32.2. The van der Waals surface area contributed by atoms with Gasteiger partial charge in [-0.15, -0.1) is 0 Å². The van der Waals surface area contributed by atoms with Crippen molar-refractivity contribution in [2.24, 2.45) is 5.92 Å². The smallest absolute Gasteiger partial charge is 0.427 e. The zero-order valence-electron chi connectivity index (χ0n) is 33.2. The highest BCUT2D eigenvalue weighted by Gasteiger charge is 2.63. The molecule has 4 amide bonds. The molecule has 2 aromatic rings. The lowest BCUT2D eigenvalue weighted by Gasteiger charge is -2.35. The van der Waals surface area contributed by atoms with E-state index in [1.165, 1.54) is 20.2 Å². The number of fused-ring (bicyclic) bond motifs is 3. The number of rotatable bonds is 9. The second-order valence-corrected chi connectivity index (χ2v) is 18.5. The molecule has 6 rings (SSSR count). The van der Waals surface area contributed by atoms with Gasteiger partial charge >= 0.3 is 12.3 Å². The lowest BCUT2D eigenvalue weighted by Crippen LogP contribution is -2.61. The van der Waals surface area contributed by atoms with Crippen LogP contribution in [-0.4, -0.2) is 108 Å². The fourth-order valence-electron chi connectivity index (χ4n) is 7.25. The van der Waals surface area contributed by atoms with E-state index in [0.29, 0.717) is 50.7 Å². The molecule has 0 radical (unpaired) electrons. The number of sulfonamides is 1. The number of amides is 4. The number of pyridine rings is 1. The minimum Gasteiger partial charge on any atom is -0.497 e. The van der Waals surface area contributed by atoms with E-state index >= 15 is 0 Å². The number of nitrogens with one attached hydrogen (secondary N) is 3. The normalized spacial score (nSPS) is 29.4. The van der Waals surface area contributed by atoms with Crippen LogP contribution in [0.3, 0.4) is 0 Å². The van der Waals surface area contributed by atoms with E-state index in [0.717, 1.165) is 10.3 Å². The number of halogens is 3. The van der Waals surface area contributed by atoms with Crippen molar-refractivity contribution < 1.29 is 59.7 Å². The van der Waals surface area contributed by atoms with Gasteiger partial charge in [-0.3, -0.25) is 19.1 Å². The molecule has 1 aromatic heterocycles. The van der Waals surface area contributed by atoms with E-state index in [-0.39, 0.29) is 31.7 Å². The summed E-state index contributed by atoms with van der Waals surface area (Å²) in [5.74, 6) is -2.43. The standard InChI is InChI=1S/C39H50F3N5O10S/c1-7-29-30(44-35(51)57-36(3,4)39(40,41)42)33(49)47-21-26(56-32-27-13-12-25(54-6)18-23(27)14-17-43-32)19-28(47)31(48)45-38(20-24(38)11-9-8-10-22(2)55-29)34(50)46-58(52,53)37(5)15-16-37/h9,11-14,17-18,22,24,26,28-30H,7-8,10,15-16,19-21H2,1-6H3,(H,44,51)(H,45,48)(H,46,50)/b11-9-/t22-,24-,26-,28+,29+,30+,38-/m1/s1. The van der Waals surface area contributed by atoms with Gasteiger partial charge in [0, 0.05) is 23.9 Å². The highest BCUT2D eigenvalue weighted by Crippen LogP contribution is 2.47. The first kappa shape index (κ1) is 42.9. The Bertz CT molecular complexity index is 2080. The summed E-state index contributed by atoms with van der Waals surface area (Å²) in [6, 6.07) is 3.96. The molecule has 0 unspecified atom stereocenters. The molecule has 15 nitrogen and oxygen atoms in total. The average Bonchev–Trinajstić information content (AvgIpc) is 4.03. The number of ether oxygens (including phenoxy) is 4. The van der Waals surface area contributed by atoms with Crippen molar-refractivity contribution in [3.8, 4) is 11.6 Å². The van der Waals surface area contributed by atoms with Crippen LogP contribution in [-0.2, 0) is 33.9 Å². The van der Waals surface area contributed by atoms with Crippen molar-refractivity contribution in [3.05, 3.63) is 42.6 Å². The predicted octanol–water partition coefficient (Wildman–Crippen LogP) is 4.43. The van der Waals surface area contributed by atoms with Gasteiger partial charge in [0.15, 0.2) is 0 Å². The number of hydrogen-bond donors (Lipinski definition) is 3. The Kier molecular flexibility index (Phi) is 11.7. The van der Waals surface area contributed by atoms with Crippen LogP contribution >= 0.6 is 0 Å². The minimum absolute atomic E-state index is 0.0757. The molecule has 3 N–H and O–H groups in total. The van der Waals surface area contributed by atoms with Crippen LogP contribution in [0.1, 0.15) is 79.6 Å². The third-order valence-electron chi connectivity index (χ3n) is 11.5. The van der Waals surface area contributed by atoms with Gasteiger partial charge in [-0.1, -0.05) is 19.1 Å². The predicted molar refractivity (Wildman–Crippen MR) is 203 cm³/mol. The summed E-state index contributed by atoms with van der Waals surface area (Å²) in [5.41, 5.74) is -4.60. The van der Waals surface area contributed by atoms with Crippen LogP contribution in [0.15, 0.2) is 42.6 Å². The maximum Gasteiger partial charge on any atom is 0.427 e. The SMILES string of the molecule is CC[C@@H]1O[C@H](C)CC/C=C\[C@@H]2C[C@@]2(C(=O)NS(=O)(=O)C2(C)CC2)NC(=O)[C@@H]2C[C@@H](Oc3nccc4cc(OC)ccc34)CN2C(=O)[C@H]1NC(=O)OC(C)(C)C(F)(F)F. The van der Waals surface area contributed by atoms with Crippen molar-refractivity contribution in [1.29, 1.82) is 0 Å². The zero-order valence-corrected chi connectivity index (χ0v) is 34.0. The molecule has 2 aliphatic carbocycles. The number of carbonyl (C=O) groups excluding carboxylic acids is 4. The Balaban J connectivity index is 1.37. The Hall–Kier alpha value is -4.65. The first-order valence-corrected chi connectivity index (χ1v) is 20.8. The largest absolute Gasteiger partial charge is 0.497 e. The molecule has 318 valence electrons. The number of allylic oxidation sites excluding steroid dienone is 1. The summed E-state index contributed by atoms with van der Waals surface area (Å²) in [7, 11) is -2.57. The number of methoxy groups -OCH3 is 1. The summed E-state index contributed by atoms with van der Waals surface area (Å²) >= 11 is 0. The lowest BCUT2D eigenvalue weighted by molar-refractivity contribution is -0.244. The molecular weight excluding hydrogens is 788 g/mol. The van der Waals surface area contributed by atoms with E-state index < -0.39 is 92.2 Å². The fourth-order valence-corrected chi connectivity index (χ4v) is 8.57. The third-order valence-corrected chi connectivity index (χ3v) is 13.7. The number of alkyl halides is 3. The van der Waals surface area contributed by atoms with Gasteiger partial charge in [0.1, 0.15) is 29.5 Å². The number of nitrogens with zero attached hydrogens (tertiary/aromatic N) is 2. The van der Waals surface area contributed by atoms with Gasteiger partial charge in [0.05, 0.1) is 30.6 Å². The van der Waals surface area contributed by atoms with Crippen LogP contribution in [0.5, 0.6) is 11.6 Å². The summed E-state index contributed by atoms with van der Waals surface area (Å²) < 4.78 is 91.4. The number of hydrogen-bond acceptors (Lipinski definition) is 11. The molecule has 7 atom stereocenters. The zero-order chi connectivity index (χ0) is 42.4. The van der Waals surface area contributed by atoms with E-state index in [4.69, 9.17) is 18.9 Å². The first-order chi connectivity index (χ1) is 27.1. The third kappa shape index (κ3) is 8.70. The first-order valence-electron chi connectivity index (χ1n) is 19.3. The summed E-state index contributed by atoms with van der Waals surface area (Å²) in [4.78, 5) is 61.9. The van der Waals surface area contributed by atoms with Crippen molar-refractivity contribution in [2.75, 3.05) is 13.7 Å². The van der Waals surface area contributed by atoms with Crippen LogP contribution in [0.4, 0.5) is 18.0 Å². The van der Waals surface area contributed by atoms with E-state index in [1.54, 1.807) is 50.3 Å². The lowest BCUT2D eigenvalue weighted by atomic mass is 10.0. The minimum atomic E-state index is -4.94.